The number of benzene rings is 2. The third kappa shape index (κ3) is 5.14. The Hall–Kier alpha value is -3.21. The van der Waals surface area contributed by atoms with Crippen molar-refractivity contribution in [1.82, 2.24) is 10.3 Å². The maximum atomic E-state index is 13.6. The number of carbonyl (C=O) groups is 1. The van der Waals surface area contributed by atoms with Gasteiger partial charge in [-0.1, -0.05) is 48.5 Å². The van der Waals surface area contributed by atoms with Crippen LogP contribution < -0.4 is 10.2 Å². The van der Waals surface area contributed by atoms with E-state index in [1.165, 1.54) is 11.6 Å². The van der Waals surface area contributed by atoms with Gasteiger partial charge in [0.15, 0.2) is 0 Å². The number of amides is 1. The molecule has 138 valence electrons. The minimum atomic E-state index is -0.251. The van der Waals surface area contributed by atoms with Crippen LogP contribution in [0, 0.1) is 5.82 Å². The van der Waals surface area contributed by atoms with Gasteiger partial charge in [0.2, 0.25) is 0 Å². The minimum absolute atomic E-state index is 0.212. The van der Waals surface area contributed by atoms with Crippen LogP contribution in [0.1, 0.15) is 21.5 Å². The molecular weight excluding hydrogens is 341 g/mol. The lowest BCUT2D eigenvalue weighted by atomic mass is 10.1. The molecule has 1 N–H and O–H groups in total. The molecular formula is C22H22FN3O. The van der Waals surface area contributed by atoms with Gasteiger partial charge in [0, 0.05) is 26.3 Å². The predicted molar refractivity (Wildman–Crippen MR) is 105 cm³/mol. The van der Waals surface area contributed by atoms with E-state index in [0.29, 0.717) is 24.1 Å². The fourth-order valence-corrected chi connectivity index (χ4v) is 2.80. The zero-order valence-electron chi connectivity index (χ0n) is 15.2. The van der Waals surface area contributed by atoms with Crippen LogP contribution in [0.3, 0.4) is 0 Å². The number of hydrogen-bond acceptors (Lipinski definition) is 3. The van der Waals surface area contributed by atoms with Gasteiger partial charge in [-0.15, -0.1) is 0 Å². The zero-order valence-corrected chi connectivity index (χ0v) is 15.2. The summed E-state index contributed by atoms with van der Waals surface area (Å²) in [5, 5.41) is 2.80. The molecule has 0 fully saturated rings. The van der Waals surface area contributed by atoms with Crippen molar-refractivity contribution in [2.24, 2.45) is 0 Å². The molecule has 0 radical (unpaired) electrons. The average molecular weight is 363 g/mol. The molecule has 5 heteroatoms. The van der Waals surface area contributed by atoms with Gasteiger partial charge in [0.25, 0.3) is 5.91 Å². The number of hydrogen-bond donors (Lipinski definition) is 1. The molecule has 3 aromatic rings. The highest BCUT2D eigenvalue weighted by atomic mass is 19.1. The van der Waals surface area contributed by atoms with Crippen molar-refractivity contribution in [2.75, 3.05) is 18.5 Å². The summed E-state index contributed by atoms with van der Waals surface area (Å²) in [5.74, 6) is 0.331. The number of halogens is 1. The monoisotopic (exact) mass is 363 g/mol. The first kappa shape index (κ1) is 18.6. The molecule has 0 bridgehead atoms. The summed E-state index contributed by atoms with van der Waals surface area (Å²) in [5.41, 5.74) is 2.27. The van der Waals surface area contributed by atoms with Crippen LogP contribution in [0.25, 0.3) is 0 Å². The number of anilines is 1. The summed E-state index contributed by atoms with van der Waals surface area (Å²) in [4.78, 5) is 18.6. The van der Waals surface area contributed by atoms with Crippen LogP contribution in [0.5, 0.6) is 0 Å². The van der Waals surface area contributed by atoms with Crippen LogP contribution in [0.15, 0.2) is 72.9 Å². The first-order valence-electron chi connectivity index (χ1n) is 8.86. The third-order valence-corrected chi connectivity index (χ3v) is 4.30. The molecule has 1 amide bonds. The second-order valence-electron chi connectivity index (χ2n) is 6.34. The van der Waals surface area contributed by atoms with E-state index in [9.17, 15) is 9.18 Å². The Morgan fingerprint density at radius 1 is 1.04 bits per heavy atom. The predicted octanol–water partition coefficient (Wildman–Crippen LogP) is 3.83. The average Bonchev–Trinajstić information content (AvgIpc) is 2.70. The highest BCUT2D eigenvalue weighted by Gasteiger charge is 2.09. The Balaban J connectivity index is 1.53. The van der Waals surface area contributed by atoms with Crippen molar-refractivity contribution in [3.63, 3.8) is 0 Å². The van der Waals surface area contributed by atoms with Crippen LogP contribution >= 0.6 is 0 Å². The normalized spacial score (nSPS) is 10.4. The van der Waals surface area contributed by atoms with E-state index in [1.807, 2.05) is 36.2 Å². The van der Waals surface area contributed by atoms with Gasteiger partial charge in [-0.25, -0.2) is 9.37 Å². The number of nitrogens with one attached hydrogen (secondary N) is 1. The number of pyridine rings is 1. The van der Waals surface area contributed by atoms with E-state index in [-0.39, 0.29) is 11.7 Å². The lowest BCUT2D eigenvalue weighted by Crippen LogP contribution is -2.26. The second kappa shape index (κ2) is 8.94. The van der Waals surface area contributed by atoms with Crippen LogP contribution in [-0.4, -0.2) is 24.5 Å². The fraction of sp³-hybridized carbons (Fsp3) is 0.182. The van der Waals surface area contributed by atoms with Crippen molar-refractivity contribution in [3.8, 4) is 0 Å². The highest BCUT2D eigenvalue weighted by Crippen LogP contribution is 2.13. The Kier molecular flexibility index (Phi) is 6.15. The van der Waals surface area contributed by atoms with Crippen molar-refractivity contribution < 1.29 is 9.18 Å². The smallest absolute Gasteiger partial charge is 0.252 e. The second-order valence-corrected chi connectivity index (χ2v) is 6.34. The van der Waals surface area contributed by atoms with Crippen LogP contribution in [0.4, 0.5) is 10.2 Å². The van der Waals surface area contributed by atoms with E-state index in [0.717, 1.165) is 12.4 Å². The fourth-order valence-electron chi connectivity index (χ4n) is 2.80. The molecule has 27 heavy (non-hydrogen) atoms. The maximum absolute atomic E-state index is 13.6. The lowest BCUT2D eigenvalue weighted by molar-refractivity contribution is 0.0953. The van der Waals surface area contributed by atoms with Crippen molar-refractivity contribution >= 4 is 11.7 Å². The van der Waals surface area contributed by atoms with Gasteiger partial charge < -0.3 is 10.2 Å². The van der Waals surface area contributed by atoms with Crippen molar-refractivity contribution in [1.29, 1.82) is 0 Å². The Morgan fingerprint density at radius 2 is 1.78 bits per heavy atom. The topological polar surface area (TPSA) is 45.2 Å². The SMILES string of the molecule is CN(Cc1ccccc1)c1ccc(C(=O)NCCc2ccccc2F)cn1. The van der Waals surface area contributed by atoms with E-state index in [1.54, 1.807) is 30.5 Å². The Morgan fingerprint density at radius 3 is 2.48 bits per heavy atom. The summed E-state index contributed by atoms with van der Waals surface area (Å²) in [7, 11) is 1.96. The minimum Gasteiger partial charge on any atom is -0.355 e. The lowest BCUT2D eigenvalue weighted by Gasteiger charge is -2.18. The number of aromatic nitrogens is 1. The molecule has 0 saturated carbocycles. The third-order valence-electron chi connectivity index (χ3n) is 4.30. The molecule has 4 nitrogen and oxygen atoms in total. The molecule has 0 aliphatic rings. The molecule has 0 atom stereocenters. The van der Waals surface area contributed by atoms with Gasteiger partial charge in [-0.3, -0.25) is 4.79 Å². The molecule has 0 aliphatic carbocycles. The van der Waals surface area contributed by atoms with E-state index < -0.39 is 0 Å². The van der Waals surface area contributed by atoms with Crippen LogP contribution in [0.2, 0.25) is 0 Å². The van der Waals surface area contributed by atoms with Gasteiger partial charge in [0.1, 0.15) is 11.6 Å². The standard InChI is InChI=1S/C22H22FN3O/c1-26(16-17-7-3-2-4-8-17)21-12-11-19(15-25-21)22(27)24-14-13-18-9-5-6-10-20(18)23/h2-12,15H,13-14,16H2,1H3,(H,24,27). The number of rotatable bonds is 7. The molecule has 0 aliphatic heterocycles. The van der Waals surface area contributed by atoms with Gasteiger partial charge in [-0.05, 0) is 35.7 Å². The largest absolute Gasteiger partial charge is 0.355 e. The molecule has 3 rings (SSSR count). The zero-order chi connectivity index (χ0) is 19.1. The van der Waals surface area contributed by atoms with Gasteiger partial charge in [0.05, 0.1) is 5.56 Å². The number of nitrogens with zero attached hydrogens (tertiary/aromatic N) is 2. The summed E-state index contributed by atoms with van der Waals surface area (Å²) in [6.07, 6.45) is 2.01. The Labute approximate surface area is 158 Å². The number of carbonyl (C=O) groups excluding carboxylic acids is 1. The van der Waals surface area contributed by atoms with E-state index in [4.69, 9.17) is 0 Å². The summed E-state index contributed by atoms with van der Waals surface area (Å²) < 4.78 is 13.6. The van der Waals surface area contributed by atoms with E-state index in [2.05, 4.69) is 22.4 Å². The van der Waals surface area contributed by atoms with Crippen molar-refractivity contribution in [2.45, 2.75) is 13.0 Å². The summed E-state index contributed by atoms with van der Waals surface area (Å²) >= 11 is 0. The highest BCUT2D eigenvalue weighted by molar-refractivity contribution is 5.94. The van der Waals surface area contributed by atoms with E-state index >= 15 is 0 Å². The van der Waals surface area contributed by atoms with Gasteiger partial charge >= 0.3 is 0 Å². The molecule has 1 heterocycles. The van der Waals surface area contributed by atoms with Crippen LogP contribution in [-0.2, 0) is 13.0 Å². The Bertz CT molecular complexity index is 882. The molecule has 0 spiro atoms. The first-order valence-corrected chi connectivity index (χ1v) is 8.86. The molecule has 2 aromatic carbocycles. The summed E-state index contributed by atoms with van der Waals surface area (Å²) in [6, 6.07) is 20.3. The molecule has 1 aromatic heterocycles. The maximum Gasteiger partial charge on any atom is 0.252 e. The first-order chi connectivity index (χ1) is 13.1. The quantitative estimate of drug-likeness (QED) is 0.694. The van der Waals surface area contributed by atoms with Gasteiger partial charge in [-0.2, -0.15) is 0 Å². The van der Waals surface area contributed by atoms with Crippen molar-refractivity contribution in [3.05, 3.63) is 95.4 Å². The summed E-state index contributed by atoms with van der Waals surface area (Å²) in [6.45, 7) is 1.11. The molecule has 0 unspecified atom stereocenters. The molecule has 0 saturated heterocycles.